The number of aromatic nitrogens is 1. The average Bonchev–Trinajstić information content (AvgIpc) is 2.67. The van der Waals surface area contributed by atoms with Crippen molar-refractivity contribution in [1.82, 2.24) is 4.98 Å². The maximum absolute atomic E-state index is 5.69. The maximum Gasteiger partial charge on any atom is 0.295 e. The van der Waals surface area contributed by atoms with E-state index in [-0.39, 0.29) is 0 Å². The van der Waals surface area contributed by atoms with E-state index in [2.05, 4.69) is 23.5 Å². The molecule has 4 nitrogen and oxygen atoms in total. The van der Waals surface area contributed by atoms with Crippen molar-refractivity contribution >= 4 is 34.6 Å². The fourth-order valence-corrected chi connectivity index (χ4v) is 2.17. The van der Waals surface area contributed by atoms with Crippen LogP contribution in [-0.4, -0.2) is 23.0 Å². The molecule has 0 spiro atoms. The summed E-state index contributed by atoms with van der Waals surface area (Å²) in [4.78, 5) is 4.36. The summed E-state index contributed by atoms with van der Waals surface area (Å²) in [5, 5.41) is 3.25. The van der Waals surface area contributed by atoms with Crippen LogP contribution in [0.4, 0.5) is 11.7 Å². The molecule has 0 saturated carbocycles. The number of nitrogen functional groups attached to an aromatic ring is 1. The number of fused-ring (bicyclic) bond motifs is 1. The second kappa shape index (κ2) is 5.31. The molecule has 1 aromatic heterocycles. The molecule has 5 heteroatoms. The predicted molar refractivity (Wildman–Crippen MR) is 74.5 cm³/mol. The molecule has 1 unspecified atom stereocenters. The van der Waals surface area contributed by atoms with E-state index in [0.717, 1.165) is 23.3 Å². The molecule has 0 amide bonds. The van der Waals surface area contributed by atoms with Crippen molar-refractivity contribution in [2.45, 2.75) is 19.4 Å². The normalized spacial score (nSPS) is 12.8. The lowest BCUT2D eigenvalue weighted by Gasteiger charge is -2.10. The highest BCUT2D eigenvalue weighted by Crippen LogP contribution is 2.21. The molecule has 1 atom stereocenters. The summed E-state index contributed by atoms with van der Waals surface area (Å²) >= 11 is 1.84. The van der Waals surface area contributed by atoms with Crippen LogP contribution in [0.15, 0.2) is 22.6 Å². The molecule has 0 radical (unpaired) electrons. The summed E-state index contributed by atoms with van der Waals surface area (Å²) in [7, 11) is 0. The zero-order valence-corrected chi connectivity index (χ0v) is 10.9. The van der Waals surface area contributed by atoms with E-state index in [1.54, 1.807) is 6.07 Å². The van der Waals surface area contributed by atoms with Crippen LogP contribution in [0.25, 0.3) is 11.1 Å². The minimum atomic E-state index is 0.354. The highest BCUT2D eigenvalue weighted by molar-refractivity contribution is 7.98. The summed E-state index contributed by atoms with van der Waals surface area (Å²) in [6.07, 6.45) is 3.19. The number of hydrogen-bond donors (Lipinski definition) is 2. The molecule has 0 aliphatic rings. The molecule has 0 bridgehead atoms. The van der Waals surface area contributed by atoms with Gasteiger partial charge in [-0.3, -0.25) is 0 Å². The van der Waals surface area contributed by atoms with Gasteiger partial charge in [0, 0.05) is 17.8 Å². The van der Waals surface area contributed by atoms with E-state index < -0.39 is 0 Å². The molecular formula is C12H17N3OS. The molecule has 3 N–H and O–H groups in total. The standard InChI is InChI=1S/C12H17N3OS/c1-8(5-6-17-2)14-12-15-10-4-3-9(13)7-11(10)16-12/h3-4,7-8H,5-6,13H2,1-2H3,(H,14,15). The van der Waals surface area contributed by atoms with Gasteiger partial charge in [-0.25, -0.2) is 0 Å². The molecule has 0 fully saturated rings. The number of oxazole rings is 1. The predicted octanol–water partition coefficient (Wildman–Crippen LogP) is 2.96. The summed E-state index contributed by atoms with van der Waals surface area (Å²) < 4.78 is 5.59. The Balaban J connectivity index is 2.08. The molecule has 0 aliphatic carbocycles. The van der Waals surface area contributed by atoms with E-state index in [9.17, 15) is 0 Å². The first-order chi connectivity index (χ1) is 8.19. The summed E-state index contributed by atoms with van der Waals surface area (Å²) in [5.41, 5.74) is 7.94. The fourth-order valence-electron chi connectivity index (χ4n) is 1.58. The lowest BCUT2D eigenvalue weighted by molar-refractivity contribution is 0.597. The van der Waals surface area contributed by atoms with Crippen LogP contribution >= 0.6 is 11.8 Å². The van der Waals surface area contributed by atoms with Crippen molar-refractivity contribution < 1.29 is 4.42 Å². The van der Waals surface area contributed by atoms with Gasteiger partial charge < -0.3 is 15.5 Å². The number of nitrogens with one attached hydrogen (secondary N) is 1. The molecule has 0 saturated heterocycles. The topological polar surface area (TPSA) is 64.1 Å². The van der Waals surface area contributed by atoms with Crippen LogP contribution in [0.2, 0.25) is 0 Å². The minimum absolute atomic E-state index is 0.354. The largest absolute Gasteiger partial charge is 0.423 e. The number of nitrogens with two attached hydrogens (primary N) is 1. The third-order valence-electron chi connectivity index (χ3n) is 2.54. The lowest BCUT2D eigenvalue weighted by Crippen LogP contribution is -2.15. The monoisotopic (exact) mass is 251 g/mol. The molecule has 2 rings (SSSR count). The quantitative estimate of drug-likeness (QED) is 0.800. The Hall–Kier alpha value is -1.36. The van der Waals surface area contributed by atoms with Crippen molar-refractivity contribution in [1.29, 1.82) is 0 Å². The van der Waals surface area contributed by atoms with Crippen molar-refractivity contribution in [2.75, 3.05) is 23.1 Å². The van der Waals surface area contributed by atoms with Crippen LogP contribution in [0, 0.1) is 0 Å². The lowest BCUT2D eigenvalue weighted by atomic mass is 10.3. The second-order valence-corrected chi connectivity index (χ2v) is 5.06. The molecule has 0 aliphatic heterocycles. The van der Waals surface area contributed by atoms with Crippen LogP contribution in [-0.2, 0) is 0 Å². The third-order valence-corrected chi connectivity index (χ3v) is 3.18. The Morgan fingerprint density at radius 2 is 2.35 bits per heavy atom. The summed E-state index contributed by atoms with van der Waals surface area (Å²) in [5.74, 6) is 1.13. The van der Waals surface area contributed by atoms with Gasteiger partial charge in [0.05, 0.1) is 0 Å². The van der Waals surface area contributed by atoms with Crippen LogP contribution in [0.5, 0.6) is 0 Å². The first kappa shape index (κ1) is 12.1. The summed E-state index contributed by atoms with van der Waals surface area (Å²) in [6.45, 7) is 2.12. The highest BCUT2D eigenvalue weighted by atomic mass is 32.2. The van der Waals surface area contributed by atoms with E-state index >= 15 is 0 Å². The van der Waals surface area contributed by atoms with Crippen molar-refractivity contribution in [3.63, 3.8) is 0 Å². The van der Waals surface area contributed by atoms with Crippen LogP contribution < -0.4 is 11.1 Å². The SMILES string of the molecule is CSCCC(C)Nc1nc2ccc(N)cc2o1. The van der Waals surface area contributed by atoms with Gasteiger partial charge in [-0.2, -0.15) is 16.7 Å². The molecular weight excluding hydrogens is 234 g/mol. The number of hydrogen-bond acceptors (Lipinski definition) is 5. The van der Waals surface area contributed by atoms with Gasteiger partial charge in [0.2, 0.25) is 0 Å². The van der Waals surface area contributed by atoms with E-state index in [4.69, 9.17) is 10.2 Å². The Morgan fingerprint density at radius 1 is 1.53 bits per heavy atom. The van der Waals surface area contributed by atoms with Crippen molar-refractivity contribution in [3.05, 3.63) is 18.2 Å². The second-order valence-electron chi connectivity index (χ2n) is 4.07. The first-order valence-corrected chi connectivity index (χ1v) is 7.00. The van der Waals surface area contributed by atoms with E-state index in [1.165, 1.54) is 0 Å². The van der Waals surface area contributed by atoms with Gasteiger partial charge in [-0.1, -0.05) is 0 Å². The third kappa shape index (κ3) is 3.06. The number of anilines is 2. The zero-order valence-electron chi connectivity index (χ0n) is 10.1. The highest BCUT2D eigenvalue weighted by Gasteiger charge is 2.08. The summed E-state index contributed by atoms with van der Waals surface area (Å²) in [6, 6.07) is 6.41. The number of nitrogens with zero attached hydrogens (tertiary/aromatic N) is 1. The maximum atomic E-state index is 5.69. The molecule has 1 heterocycles. The molecule has 1 aromatic carbocycles. The molecule has 17 heavy (non-hydrogen) atoms. The Labute approximate surface area is 105 Å². The first-order valence-electron chi connectivity index (χ1n) is 5.60. The average molecular weight is 251 g/mol. The van der Waals surface area contributed by atoms with E-state index in [0.29, 0.717) is 17.7 Å². The zero-order chi connectivity index (χ0) is 12.3. The molecule has 2 aromatic rings. The Kier molecular flexibility index (Phi) is 3.78. The van der Waals surface area contributed by atoms with Crippen molar-refractivity contribution in [2.24, 2.45) is 0 Å². The van der Waals surface area contributed by atoms with Gasteiger partial charge in [0.1, 0.15) is 5.52 Å². The van der Waals surface area contributed by atoms with Gasteiger partial charge in [0.25, 0.3) is 6.01 Å². The Morgan fingerprint density at radius 3 is 3.12 bits per heavy atom. The number of benzene rings is 1. The van der Waals surface area contributed by atoms with Gasteiger partial charge in [-0.05, 0) is 37.5 Å². The van der Waals surface area contributed by atoms with Crippen molar-refractivity contribution in [3.8, 4) is 0 Å². The fraction of sp³-hybridized carbons (Fsp3) is 0.417. The molecule has 92 valence electrons. The Bertz CT molecular complexity index is 497. The number of rotatable bonds is 5. The van der Waals surface area contributed by atoms with Crippen LogP contribution in [0.1, 0.15) is 13.3 Å². The van der Waals surface area contributed by atoms with Gasteiger partial charge in [-0.15, -0.1) is 0 Å². The number of thioether (sulfide) groups is 1. The van der Waals surface area contributed by atoms with E-state index in [1.807, 2.05) is 23.9 Å². The minimum Gasteiger partial charge on any atom is -0.423 e. The van der Waals surface area contributed by atoms with Crippen LogP contribution in [0.3, 0.4) is 0 Å². The smallest absolute Gasteiger partial charge is 0.295 e. The van der Waals surface area contributed by atoms with Gasteiger partial charge >= 0.3 is 0 Å². The van der Waals surface area contributed by atoms with Gasteiger partial charge in [0.15, 0.2) is 5.58 Å².